The molecule has 0 unspecified atom stereocenters. The van der Waals surface area contributed by atoms with Gasteiger partial charge in [0.1, 0.15) is 0 Å². The normalized spacial score (nSPS) is 11.4. The zero-order valence-corrected chi connectivity index (χ0v) is 16.4. The van der Waals surface area contributed by atoms with Crippen molar-refractivity contribution < 1.29 is 18.1 Å². The molecule has 2 aromatic rings. The quantitative estimate of drug-likeness (QED) is 0.532. The second kappa shape index (κ2) is 8.66. The molecule has 0 spiro atoms. The number of nitro benzene ring substituents is 1. The third-order valence-corrected chi connectivity index (χ3v) is 6.15. The second-order valence-corrected chi connectivity index (χ2v) is 8.08. The number of rotatable bonds is 7. The van der Waals surface area contributed by atoms with Crippen LogP contribution in [0.5, 0.6) is 0 Å². The smallest absolute Gasteiger partial charge is 0.269 e. The van der Waals surface area contributed by atoms with Crippen LogP contribution in [-0.2, 0) is 14.8 Å². The van der Waals surface area contributed by atoms with Gasteiger partial charge in [0.2, 0.25) is 15.9 Å². The van der Waals surface area contributed by atoms with E-state index in [1.807, 2.05) is 0 Å². The van der Waals surface area contributed by atoms with Crippen LogP contribution in [-0.4, -0.2) is 36.6 Å². The first-order valence-electron chi connectivity index (χ1n) is 7.65. The third kappa shape index (κ3) is 4.95. The van der Waals surface area contributed by atoms with Crippen LogP contribution in [0.4, 0.5) is 11.4 Å². The van der Waals surface area contributed by atoms with Gasteiger partial charge < -0.3 is 5.32 Å². The molecule has 0 aliphatic rings. The van der Waals surface area contributed by atoms with Gasteiger partial charge in [0, 0.05) is 18.7 Å². The zero-order valence-electron chi connectivity index (χ0n) is 14.1. The number of benzene rings is 2. The number of amides is 1. The largest absolute Gasteiger partial charge is 0.322 e. The Morgan fingerprint density at radius 2 is 1.70 bits per heavy atom. The lowest BCUT2D eigenvalue weighted by Crippen LogP contribution is -2.37. The van der Waals surface area contributed by atoms with Gasteiger partial charge in [0.15, 0.2) is 0 Å². The summed E-state index contributed by atoms with van der Waals surface area (Å²) in [5.74, 6) is -0.627. The molecule has 144 valence electrons. The summed E-state index contributed by atoms with van der Waals surface area (Å²) in [4.78, 5) is 22.2. The van der Waals surface area contributed by atoms with Crippen LogP contribution in [0.15, 0.2) is 47.4 Å². The van der Waals surface area contributed by atoms with Gasteiger partial charge in [-0.25, -0.2) is 8.42 Å². The Kier molecular flexibility index (Phi) is 6.77. The number of nitro groups is 1. The molecule has 0 heterocycles. The molecular weight excluding hydrogens is 417 g/mol. The molecule has 27 heavy (non-hydrogen) atoms. The number of hydrogen-bond acceptors (Lipinski definition) is 5. The summed E-state index contributed by atoms with van der Waals surface area (Å²) in [7, 11) is -4.02. The predicted molar refractivity (Wildman–Crippen MR) is 103 cm³/mol. The van der Waals surface area contributed by atoms with Crippen LogP contribution in [0, 0.1) is 10.1 Å². The van der Waals surface area contributed by atoms with Gasteiger partial charge >= 0.3 is 0 Å². The van der Waals surface area contributed by atoms with Gasteiger partial charge in [-0.05, 0) is 24.3 Å². The Hall–Kier alpha value is -2.20. The van der Waals surface area contributed by atoms with E-state index in [9.17, 15) is 23.3 Å². The molecule has 0 saturated heterocycles. The molecule has 0 radical (unpaired) electrons. The molecule has 2 aromatic carbocycles. The minimum atomic E-state index is -4.02. The van der Waals surface area contributed by atoms with Crippen molar-refractivity contribution in [2.75, 3.05) is 18.4 Å². The fourth-order valence-corrected chi connectivity index (χ4v) is 4.11. The Labute approximate surface area is 165 Å². The standard InChI is InChI=1S/C16H15Cl2N3O5S/c1-2-20(10-15(22)19-16-13(17)4-3-5-14(16)18)27(25,26)12-8-6-11(7-9-12)21(23)24/h3-9H,2,10H2,1H3,(H,19,22). The van der Waals surface area contributed by atoms with Gasteiger partial charge in [-0.15, -0.1) is 0 Å². The molecule has 1 N–H and O–H groups in total. The van der Waals surface area contributed by atoms with E-state index >= 15 is 0 Å². The van der Waals surface area contributed by atoms with Crippen LogP contribution in [0.3, 0.4) is 0 Å². The Morgan fingerprint density at radius 1 is 1.15 bits per heavy atom. The summed E-state index contributed by atoms with van der Waals surface area (Å²) in [6.45, 7) is 1.11. The number of hydrogen-bond donors (Lipinski definition) is 1. The lowest BCUT2D eigenvalue weighted by atomic mass is 10.3. The number of carbonyl (C=O) groups is 1. The van der Waals surface area contributed by atoms with Gasteiger partial charge in [-0.3, -0.25) is 14.9 Å². The van der Waals surface area contributed by atoms with Crippen LogP contribution in [0.2, 0.25) is 10.0 Å². The van der Waals surface area contributed by atoms with Crippen molar-refractivity contribution in [3.63, 3.8) is 0 Å². The van der Waals surface area contributed by atoms with Gasteiger partial charge in [-0.2, -0.15) is 4.31 Å². The van der Waals surface area contributed by atoms with E-state index in [-0.39, 0.29) is 32.9 Å². The first kappa shape index (κ1) is 21.1. The molecule has 8 nitrogen and oxygen atoms in total. The first-order chi connectivity index (χ1) is 12.7. The molecule has 0 aliphatic heterocycles. The molecule has 0 atom stereocenters. The lowest BCUT2D eigenvalue weighted by molar-refractivity contribution is -0.384. The SMILES string of the molecule is CCN(CC(=O)Nc1c(Cl)cccc1Cl)S(=O)(=O)c1ccc([N+](=O)[O-])cc1. The van der Waals surface area contributed by atoms with E-state index in [4.69, 9.17) is 23.2 Å². The molecule has 0 bridgehead atoms. The number of halogens is 2. The molecule has 11 heteroatoms. The molecular formula is C16H15Cl2N3O5S. The van der Waals surface area contributed by atoms with Gasteiger partial charge in [0.05, 0.1) is 32.1 Å². The summed E-state index contributed by atoms with van der Waals surface area (Å²) in [6, 6.07) is 9.10. The lowest BCUT2D eigenvalue weighted by Gasteiger charge is -2.20. The van der Waals surface area contributed by atoms with Crippen molar-refractivity contribution in [1.82, 2.24) is 4.31 Å². The number of sulfonamides is 1. The molecule has 0 aromatic heterocycles. The van der Waals surface area contributed by atoms with Crippen LogP contribution < -0.4 is 5.32 Å². The Morgan fingerprint density at radius 3 is 2.19 bits per heavy atom. The molecule has 0 saturated carbocycles. The van der Waals surface area contributed by atoms with Crippen molar-refractivity contribution in [3.8, 4) is 0 Å². The van der Waals surface area contributed by atoms with Crippen molar-refractivity contribution >= 4 is 50.5 Å². The number of para-hydroxylation sites is 1. The summed E-state index contributed by atoms with van der Waals surface area (Å²) < 4.78 is 26.3. The number of nitrogens with zero attached hydrogens (tertiary/aromatic N) is 2. The number of non-ortho nitro benzene ring substituents is 1. The number of carbonyl (C=O) groups excluding carboxylic acids is 1. The van der Waals surface area contributed by atoms with E-state index in [0.717, 1.165) is 28.6 Å². The summed E-state index contributed by atoms with van der Waals surface area (Å²) in [6.07, 6.45) is 0. The average molecular weight is 432 g/mol. The monoisotopic (exact) mass is 431 g/mol. The average Bonchev–Trinajstić information content (AvgIpc) is 2.62. The topological polar surface area (TPSA) is 110 Å². The molecule has 1 amide bonds. The van der Waals surface area contributed by atoms with E-state index in [1.165, 1.54) is 12.1 Å². The van der Waals surface area contributed by atoms with Gasteiger partial charge in [-0.1, -0.05) is 36.2 Å². The van der Waals surface area contributed by atoms with Crippen molar-refractivity contribution in [2.45, 2.75) is 11.8 Å². The predicted octanol–water partition coefficient (Wildman–Crippen LogP) is 3.55. The van der Waals surface area contributed by atoms with E-state index in [1.54, 1.807) is 13.0 Å². The highest BCUT2D eigenvalue weighted by Gasteiger charge is 2.26. The molecule has 0 fully saturated rings. The maximum Gasteiger partial charge on any atom is 0.269 e. The minimum absolute atomic E-state index is 0.0169. The van der Waals surface area contributed by atoms with Crippen molar-refractivity contribution in [2.24, 2.45) is 0 Å². The molecule has 0 aliphatic carbocycles. The summed E-state index contributed by atoms with van der Waals surface area (Å²) in [5, 5.41) is 13.6. The minimum Gasteiger partial charge on any atom is -0.322 e. The maximum atomic E-state index is 12.7. The van der Waals surface area contributed by atoms with Crippen LogP contribution in [0.1, 0.15) is 6.92 Å². The maximum absolute atomic E-state index is 12.7. The highest BCUT2D eigenvalue weighted by Crippen LogP contribution is 2.29. The highest BCUT2D eigenvalue weighted by atomic mass is 35.5. The Bertz CT molecular complexity index is 944. The summed E-state index contributed by atoms with van der Waals surface area (Å²) >= 11 is 12.0. The number of nitrogens with one attached hydrogen (secondary N) is 1. The van der Waals surface area contributed by atoms with E-state index in [2.05, 4.69) is 5.32 Å². The highest BCUT2D eigenvalue weighted by molar-refractivity contribution is 7.89. The van der Waals surface area contributed by atoms with Crippen LogP contribution >= 0.6 is 23.2 Å². The summed E-state index contributed by atoms with van der Waals surface area (Å²) in [5.41, 5.74) is -0.0438. The second-order valence-electron chi connectivity index (χ2n) is 5.33. The number of anilines is 1. The van der Waals surface area contributed by atoms with Gasteiger partial charge in [0.25, 0.3) is 5.69 Å². The van der Waals surface area contributed by atoms with E-state index < -0.39 is 27.4 Å². The van der Waals surface area contributed by atoms with Crippen molar-refractivity contribution in [1.29, 1.82) is 0 Å². The van der Waals surface area contributed by atoms with E-state index in [0.29, 0.717) is 0 Å². The fourth-order valence-electron chi connectivity index (χ4n) is 2.21. The third-order valence-electron chi connectivity index (χ3n) is 3.59. The van der Waals surface area contributed by atoms with Crippen molar-refractivity contribution in [3.05, 3.63) is 62.6 Å². The zero-order chi connectivity index (χ0) is 20.2. The number of likely N-dealkylation sites (N-methyl/N-ethyl adjacent to an activating group) is 1. The Balaban J connectivity index is 2.19. The first-order valence-corrected chi connectivity index (χ1v) is 9.85. The molecule has 2 rings (SSSR count). The fraction of sp³-hybridized carbons (Fsp3) is 0.188. The van der Waals surface area contributed by atoms with Crippen LogP contribution in [0.25, 0.3) is 0 Å².